The zero-order chi connectivity index (χ0) is 13.5. The molecular weight excluding hydrogens is 239 g/mol. The molecule has 0 fully saturated rings. The molecule has 0 aromatic heterocycles. The monoisotopic (exact) mass is 252 g/mol. The minimum atomic E-state index is -0.632. The molecule has 96 valence electrons. The molecule has 0 aliphatic rings. The first-order chi connectivity index (χ1) is 8.58. The van der Waals surface area contributed by atoms with Crippen LogP contribution in [0, 0.1) is 5.82 Å². The Labute approximate surface area is 104 Å². The van der Waals surface area contributed by atoms with Crippen molar-refractivity contribution in [1.82, 2.24) is 0 Å². The fourth-order valence-corrected chi connectivity index (χ4v) is 1.25. The van der Waals surface area contributed by atoms with Crippen LogP contribution >= 0.6 is 0 Å². The maximum atomic E-state index is 13.3. The molecule has 5 heteroatoms. The first-order valence-electron chi connectivity index (χ1n) is 5.31. The van der Waals surface area contributed by atoms with Crippen LogP contribution in [0.3, 0.4) is 0 Å². The van der Waals surface area contributed by atoms with E-state index >= 15 is 0 Å². The van der Waals surface area contributed by atoms with Crippen LogP contribution in [-0.2, 0) is 9.53 Å². The van der Waals surface area contributed by atoms with Gasteiger partial charge in [-0.05, 0) is 31.2 Å². The second-order valence-corrected chi connectivity index (χ2v) is 3.30. The number of ether oxygens (including phenoxy) is 2. The third-order valence-corrected chi connectivity index (χ3v) is 2.09. The molecule has 0 bridgehead atoms. The van der Waals surface area contributed by atoms with E-state index in [1.807, 2.05) is 0 Å². The predicted molar refractivity (Wildman–Crippen MR) is 63.1 cm³/mol. The molecule has 4 nitrogen and oxygen atoms in total. The van der Waals surface area contributed by atoms with E-state index in [1.54, 1.807) is 6.92 Å². The van der Waals surface area contributed by atoms with E-state index < -0.39 is 17.6 Å². The summed E-state index contributed by atoms with van der Waals surface area (Å²) in [5.41, 5.74) is 0.133. The summed E-state index contributed by atoms with van der Waals surface area (Å²) in [4.78, 5) is 22.6. The Balaban J connectivity index is 2.79. The van der Waals surface area contributed by atoms with Crippen molar-refractivity contribution in [1.29, 1.82) is 0 Å². The first kappa shape index (κ1) is 13.9. The number of rotatable bonds is 5. The number of hydrogen-bond donors (Lipinski definition) is 0. The van der Waals surface area contributed by atoms with E-state index in [0.29, 0.717) is 0 Å². The molecule has 0 N–H and O–H groups in total. The molecule has 0 heterocycles. The van der Waals surface area contributed by atoms with Crippen molar-refractivity contribution in [3.63, 3.8) is 0 Å². The molecule has 0 aliphatic heterocycles. The summed E-state index contributed by atoms with van der Waals surface area (Å²) >= 11 is 0. The summed E-state index contributed by atoms with van der Waals surface area (Å²) in [5.74, 6) is -1.67. The van der Waals surface area contributed by atoms with E-state index in [1.165, 1.54) is 19.2 Å². The average molecular weight is 252 g/mol. The van der Waals surface area contributed by atoms with Crippen molar-refractivity contribution >= 4 is 11.8 Å². The number of benzene rings is 1. The van der Waals surface area contributed by atoms with Crippen LogP contribution in [0.15, 0.2) is 30.4 Å². The number of esters is 1. The summed E-state index contributed by atoms with van der Waals surface area (Å²) in [7, 11) is 1.33. The van der Waals surface area contributed by atoms with Crippen LogP contribution in [0.25, 0.3) is 0 Å². The lowest BCUT2D eigenvalue weighted by molar-refractivity contribution is -0.137. The Hall–Kier alpha value is -2.17. The molecule has 0 unspecified atom stereocenters. The number of hydrogen-bond acceptors (Lipinski definition) is 4. The average Bonchev–Trinajstić information content (AvgIpc) is 2.36. The van der Waals surface area contributed by atoms with E-state index in [-0.39, 0.29) is 17.9 Å². The molecule has 0 saturated carbocycles. The summed E-state index contributed by atoms with van der Waals surface area (Å²) < 4.78 is 22.7. The Morgan fingerprint density at radius 3 is 2.61 bits per heavy atom. The maximum Gasteiger partial charge on any atom is 0.330 e. The molecule has 0 aliphatic carbocycles. The molecule has 18 heavy (non-hydrogen) atoms. The summed E-state index contributed by atoms with van der Waals surface area (Å²) in [6.45, 7) is 1.89. The molecule has 1 aromatic carbocycles. The van der Waals surface area contributed by atoms with Gasteiger partial charge in [0.15, 0.2) is 17.3 Å². The van der Waals surface area contributed by atoms with Gasteiger partial charge in [0, 0.05) is 11.6 Å². The van der Waals surface area contributed by atoms with Crippen molar-refractivity contribution in [3.8, 4) is 5.75 Å². The highest BCUT2D eigenvalue weighted by atomic mass is 19.1. The Bertz CT molecular complexity index is 480. The van der Waals surface area contributed by atoms with Crippen LogP contribution in [0.1, 0.15) is 17.3 Å². The summed E-state index contributed by atoms with van der Waals surface area (Å²) in [6.07, 6.45) is 2.05. The molecule has 0 spiro atoms. The number of ketones is 1. The zero-order valence-electron chi connectivity index (χ0n) is 10.1. The molecule has 0 amide bonds. The van der Waals surface area contributed by atoms with Crippen LogP contribution in [-0.4, -0.2) is 25.5 Å². The smallest absolute Gasteiger partial charge is 0.330 e. The third kappa shape index (κ3) is 3.69. The van der Waals surface area contributed by atoms with Gasteiger partial charge in [-0.3, -0.25) is 4.79 Å². The highest BCUT2D eigenvalue weighted by Gasteiger charge is 2.08. The van der Waals surface area contributed by atoms with Gasteiger partial charge >= 0.3 is 5.97 Å². The minimum Gasteiger partial charge on any atom is -0.494 e. The Morgan fingerprint density at radius 2 is 2.06 bits per heavy atom. The molecule has 0 radical (unpaired) electrons. The zero-order valence-corrected chi connectivity index (χ0v) is 10.1. The third-order valence-electron chi connectivity index (χ3n) is 2.09. The highest BCUT2D eigenvalue weighted by Crippen LogP contribution is 2.18. The summed E-state index contributed by atoms with van der Waals surface area (Å²) in [6, 6.07) is 3.82. The lowest BCUT2D eigenvalue weighted by atomic mass is 10.1. The first-order valence-corrected chi connectivity index (χ1v) is 5.31. The number of allylic oxidation sites excluding steroid dienone is 1. The predicted octanol–water partition coefficient (Wildman–Crippen LogP) is 2.14. The van der Waals surface area contributed by atoms with Crippen LogP contribution in [0.2, 0.25) is 0 Å². The van der Waals surface area contributed by atoms with Gasteiger partial charge in [0.2, 0.25) is 0 Å². The lowest BCUT2D eigenvalue weighted by Gasteiger charge is -2.02. The van der Waals surface area contributed by atoms with Crippen LogP contribution in [0.5, 0.6) is 5.75 Å². The van der Waals surface area contributed by atoms with Crippen LogP contribution in [0.4, 0.5) is 4.39 Å². The van der Waals surface area contributed by atoms with E-state index in [9.17, 15) is 14.0 Å². The van der Waals surface area contributed by atoms with Gasteiger partial charge in [-0.2, -0.15) is 0 Å². The quantitative estimate of drug-likeness (QED) is 0.457. The van der Waals surface area contributed by atoms with Gasteiger partial charge in [0.1, 0.15) is 0 Å². The van der Waals surface area contributed by atoms with Crippen molar-refractivity contribution in [2.45, 2.75) is 6.92 Å². The Morgan fingerprint density at radius 1 is 1.33 bits per heavy atom. The second kappa shape index (κ2) is 6.54. The van der Waals surface area contributed by atoms with Crippen molar-refractivity contribution in [2.24, 2.45) is 0 Å². The number of halogens is 1. The van der Waals surface area contributed by atoms with Crippen molar-refractivity contribution < 1.29 is 23.5 Å². The molecular formula is C13H13FO4. The van der Waals surface area contributed by atoms with Gasteiger partial charge in [-0.15, -0.1) is 0 Å². The minimum absolute atomic E-state index is 0.0564. The molecule has 0 atom stereocenters. The van der Waals surface area contributed by atoms with Gasteiger partial charge in [0.05, 0.1) is 13.7 Å². The van der Waals surface area contributed by atoms with Crippen LogP contribution < -0.4 is 4.74 Å². The van der Waals surface area contributed by atoms with E-state index in [0.717, 1.165) is 18.2 Å². The van der Waals surface area contributed by atoms with Gasteiger partial charge in [0.25, 0.3) is 0 Å². The van der Waals surface area contributed by atoms with Gasteiger partial charge < -0.3 is 9.47 Å². The fraction of sp³-hybridized carbons (Fsp3) is 0.231. The van der Waals surface area contributed by atoms with E-state index in [4.69, 9.17) is 4.74 Å². The SMILES string of the molecule is CCOC(=O)/C=C/C(=O)c1ccc(OC)c(F)c1. The number of methoxy groups -OCH3 is 1. The number of carbonyl (C=O) groups excluding carboxylic acids is 2. The standard InChI is InChI=1S/C13H13FO4/c1-3-18-13(16)7-5-11(15)9-4-6-12(17-2)10(14)8-9/h4-8H,3H2,1-2H3/b7-5+. The largest absolute Gasteiger partial charge is 0.494 e. The second-order valence-electron chi connectivity index (χ2n) is 3.30. The Kier molecular flexibility index (Phi) is 5.05. The maximum absolute atomic E-state index is 13.3. The highest BCUT2D eigenvalue weighted by molar-refractivity contribution is 6.07. The lowest BCUT2D eigenvalue weighted by Crippen LogP contribution is -2.02. The van der Waals surface area contributed by atoms with E-state index in [2.05, 4.69) is 4.74 Å². The summed E-state index contributed by atoms with van der Waals surface area (Å²) in [5, 5.41) is 0. The van der Waals surface area contributed by atoms with Gasteiger partial charge in [-0.1, -0.05) is 0 Å². The van der Waals surface area contributed by atoms with Crippen molar-refractivity contribution in [2.75, 3.05) is 13.7 Å². The normalized spacial score (nSPS) is 10.4. The van der Waals surface area contributed by atoms with Crippen molar-refractivity contribution in [3.05, 3.63) is 41.7 Å². The van der Waals surface area contributed by atoms with Gasteiger partial charge in [-0.25, -0.2) is 9.18 Å². The number of carbonyl (C=O) groups is 2. The molecule has 1 aromatic rings. The fourth-order valence-electron chi connectivity index (χ4n) is 1.25. The molecule has 0 saturated heterocycles. The molecule has 1 rings (SSSR count). The topological polar surface area (TPSA) is 52.6 Å².